The second-order valence-electron chi connectivity index (χ2n) is 2.75. The van der Waals surface area contributed by atoms with E-state index in [0.717, 1.165) is 10.9 Å². The van der Waals surface area contributed by atoms with Crippen molar-refractivity contribution in [1.82, 2.24) is 9.97 Å². The van der Waals surface area contributed by atoms with E-state index in [0.29, 0.717) is 10.2 Å². The number of rotatable bonds is 1. The molecule has 1 N–H and O–H groups in total. The maximum Gasteiger partial charge on any atom is 0.340 e. The van der Waals surface area contributed by atoms with Gasteiger partial charge in [0.1, 0.15) is 4.60 Å². The van der Waals surface area contributed by atoms with Gasteiger partial charge in [-0.1, -0.05) is 0 Å². The van der Waals surface area contributed by atoms with Gasteiger partial charge in [0.2, 0.25) is 0 Å². The van der Waals surface area contributed by atoms with Gasteiger partial charge in [0.05, 0.1) is 24.4 Å². The normalized spacial score (nSPS) is 10.4. The summed E-state index contributed by atoms with van der Waals surface area (Å²) >= 11 is 3.25. The van der Waals surface area contributed by atoms with E-state index < -0.39 is 0 Å². The molecule has 0 aliphatic carbocycles. The van der Waals surface area contributed by atoms with E-state index in [1.54, 1.807) is 18.5 Å². The van der Waals surface area contributed by atoms with Crippen LogP contribution in [0.5, 0.6) is 0 Å². The van der Waals surface area contributed by atoms with Crippen LogP contribution in [0.2, 0.25) is 0 Å². The third kappa shape index (κ3) is 1.39. The maximum absolute atomic E-state index is 11.3. The standard InChI is InChI=1S/C9H7BrN2O2/c1-14-9(13)6-3-11-7-4-12-8(10)2-5(6)7/h2-4,11H,1H3. The molecule has 0 fully saturated rings. The number of methoxy groups -OCH3 is 1. The zero-order valence-corrected chi connectivity index (χ0v) is 8.96. The number of nitrogens with zero attached hydrogens (tertiary/aromatic N) is 1. The van der Waals surface area contributed by atoms with Crippen LogP contribution in [-0.2, 0) is 4.74 Å². The highest BCUT2D eigenvalue weighted by atomic mass is 79.9. The van der Waals surface area contributed by atoms with Gasteiger partial charge in [0.25, 0.3) is 0 Å². The summed E-state index contributed by atoms with van der Waals surface area (Å²) in [7, 11) is 1.36. The van der Waals surface area contributed by atoms with Crippen LogP contribution in [-0.4, -0.2) is 23.0 Å². The summed E-state index contributed by atoms with van der Waals surface area (Å²) in [5.74, 6) is -0.352. The number of carbonyl (C=O) groups excluding carboxylic acids is 1. The van der Waals surface area contributed by atoms with Crippen molar-refractivity contribution in [2.24, 2.45) is 0 Å². The summed E-state index contributed by atoms with van der Waals surface area (Å²) in [4.78, 5) is 18.3. The highest BCUT2D eigenvalue weighted by Crippen LogP contribution is 2.20. The molecule has 2 heterocycles. The maximum atomic E-state index is 11.3. The third-order valence-electron chi connectivity index (χ3n) is 1.94. The summed E-state index contributed by atoms with van der Waals surface area (Å²) in [6.45, 7) is 0. The molecule has 0 amide bonds. The number of fused-ring (bicyclic) bond motifs is 1. The van der Waals surface area contributed by atoms with Crippen LogP contribution in [0.1, 0.15) is 10.4 Å². The Labute approximate surface area is 88.4 Å². The van der Waals surface area contributed by atoms with Crippen molar-refractivity contribution in [3.63, 3.8) is 0 Å². The van der Waals surface area contributed by atoms with Gasteiger partial charge < -0.3 is 9.72 Å². The van der Waals surface area contributed by atoms with E-state index in [4.69, 9.17) is 0 Å². The largest absolute Gasteiger partial charge is 0.465 e. The number of ether oxygens (including phenoxy) is 1. The molecule has 0 saturated heterocycles. The Morgan fingerprint density at radius 3 is 3.14 bits per heavy atom. The van der Waals surface area contributed by atoms with Gasteiger partial charge in [0, 0.05) is 11.6 Å². The van der Waals surface area contributed by atoms with Crippen LogP contribution in [0.4, 0.5) is 0 Å². The number of halogens is 1. The first-order valence-electron chi connectivity index (χ1n) is 3.93. The molecule has 0 spiro atoms. The van der Waals surface area contributed by atoms with Crippen molar-refractivity contribution in [2.45, 2.75) is 0 Å². The van der Waals surface area contributed by atoms with Crippen LogP contribution in [0, 0.1) is 0 Å². The topological polar surface area (TPSA) is 55.0 Å². The lowest BCUT2D eigenvalue weighted by atomic mass is 10.2. The van der Waals surface area contributed by atoms with Gasteiger partial charge in [-0.2, -0.15) is 0 Å². The fourth-order valence-corrected chi connectivity index (χ4v) is 1.61. The number of esters is 1. The van der Waals surface area contributed by atoms with E-state index in [2.05, 4.69) is 30.6 Å². The fraction of sp³-hybridized carbons (Fsp3) is 0.111. The smallest absolute Gasteiger partial charge is 0.340 e. The molecule has 2 aromatic heterocycles. The average Bonchev–Trinajstić information content (AvgIpc) is 2.59. The first kappa shape index (κ1) is 9.21. The molecule has 14 heavy (non-hydrogen) atoms. The van der Waals surface area contributed by atoms with Crippen molar-refractivity contribution in [1.29, 1.82) is 0 Å². The Hall–Kier alpha value is -1.36. The Kier molecular flexibility index (Phi) is 2.25. The highest BCUT2D eigenvalue weighted by Gasteiger charge is 2.12. The number of hydrogen-bond acceptors (Lipinski definition) is 3. The second-order valence-corrected chi connectivity index (χ2v) is 3.56. The quantitative estimate of drug-likeness (QED) is 0.627. The molecule has 5 heteroatoms. The number of H-pyrrole nitrogens is 1. The first-order chi connectivity index (χ1) is 6.72. The molecule has 0 radical (unpaired) electrons. The highest BCUT2D eigenvalue weighted by molar-refractivity contribution is 9.10. The number of nitrogens with one attached hydrogen (secondary N) is 1. The summed E-state index contributed by atoms with van der Waals surface area (Å²) < 4.78 is 5.34. The van der Waals surface area contributed by atoms with E-state index >= 15 is 0 Å². The number of pyridine rings is 1. The van der Waals surface area contributed by atoms with E-state index in [-0.39, 0.29) is 5.97 Å². The van der Waals surface area contributed by atoms with Crippen molar-refractivity contribution in [3.05, 3.63) is 28.6 Å². The molecule has 2 aromatic rings. The molecule has 0 saturated carbocycles. The number of hydrogen-bond donors (Lipinski definition) is 1. The first-order valence-corrected chi connectivity index (χ1v) is 4.72. The zero-order chi connectivity index (χ0) is 10.1. The molecular weight excluding hydrogens is 248 g/mol. The SMILES string of the molecule is COC(=O)c1c[nH]c2cnc(Br)cc12. The van der Waals surface area contributed by atoms with Gasteiger partial charge in [0.15, 0.2) is 0 Å². The summed E-state index contributed by atoms with van der Waals surface area (Å²) in [6, 6.07) is 1.78. The van der Waals surface area contributed by atoms with Gasteiger partial charge in [-0.25, -0.2) is 9.78 Å². The van der Waals surface area contributed by atoms with Crippen LogP contribution in [0.15, 0.2) is 23.1 Å². The Bertz CT molecular complexity index is 493. The number of aromatic nitrogens is 2. The van der Waals surface area contributed by atoms with Crippen LogP contribution in [0.25, 0.3) is 10.9 Å². The molecule has 0 unspecified atom stereocenters. The zero-order valence-electron chi connectivity index (χ0n) is 7.37. The molecule has 0 aliphatic heterocycles. The van der Waals surface area contributed by atoms with Gasteiger partial charge in [-0.15, -0.1) is 0 Å². The van der Waals surface area contributed by atoms with Gasteiger partial charge in [-0.05, 0) is 22.0 Å². The Morgan fingerprint density at radius 1 is 1.64 bits per heavy atom. The van der Waals surface area contributed by atoms with Crippen LogP contribution < -0.4 is 0 Å². The fourth-order valence-electron chi connectivity index (χ4n) is 1.27. The monoisotopic (exact) mass is 254 g/mol. The minimum absolute atomic E-state index is 0.352. The molecular formula is C9H7BrN2O2. The minimum atomic E-state index is -0.352. The number of carbonyl (C=O) groups is 1. The average molecular weight is 255 g/mol. The molecule has 4 nitrogen and oxygen atoms in total. The van der Waals surface area contributed by atoms with E-state index in [1.807, 2.05) is 0 Å². The molecule has 0 aromatic carbocycles. The van der Waals surface area contributed by atoms with E-state index in [1.165, 1.54) is 7.11 Å². The third-order valence-corrected chi connectivity index (χ3v) is 2.37. The summed E-state index contributed by atoms with van der Waals surface area (Å²) in [5, 5.41) is 0.804. The van der Waals surface area contributed by atoms with Crippen molar-refractivity contribution >= 4 is 32.8 Å². The predicted octanol–water partition coefficient (Wildman–Crippen LogP) is 2.11. The van der Waals surface area contributed by atoms with Crippen molar-refractivity contribution in [2.75, 3.05) is 7.11 Å². The minimum Gasteiger partial charge on any atom is -0.465 e. The molecule has 0 aliphatic rings. The van der Waals surface area contributed by atoms with Crippen LogP contribution >= 0.6 is 15.9 Å². The van der Waals surface area contributed by atoms with Crippen molar-refractivity contribution < 1.29 is 9.53 Å². The van der Waals surface area contributed by atoms with Crippen LogP contribution in [0.3, 0.4) is 0 Å². The summed E-state index contributed by atoms with van der Waals surface area (Å²) in [6.07, 6.45) is 3.27. The predicted molar refractivity (Wildman–Crippen MR) is 55.1 cm³/mol. The Balaban J connectivity index is 2.67. The lowest BCUT2D eigenvalue weighted by Gasteiger charge is -1.96. The second kappa shape index (κ2) is 3.42. The Morgan fingerprint density at radius 2 is 2.43 bits per heavy atom. The molecule has 0 bridgehead atoms. The number of aromatic amines is 1. The molecule has 0 atom stereocenters. The van der Waals surface area contributed by atoms with Gasteiger partial charge in [-0.3, -0.25) is 0 Å². The molecule has 2 rings (SSSR count). The lowest BCUT2D eigenvalue weighted by molar-refractivity contribution is 0.0603. The van der Waals surface area contributed by atoms with Crippen molar-refractivity contribution in [3.8, 4) is 0 Å². The molecule has 72 valence electrons. The van der Waals surface area contributed by atoms with Gasteiger partial charge >= 0.3 is 5.97 Å². The summed E-state index contributed by atoms with van der Waals surface area (Å²) in [5.41, 5.74) is 1.33. The lowest BCUT2D eigenvalue weighted by Crippen LogP contribution is -1.99. The van der Waals surface area contributed by atoms with E-state index in [9.17, 15) is 4.79 Å².